The Kier molecular flexibility index (Phi) is 3.25. The molecular formula is C8H11F3N2OS. The number of hydrogen-bond acceptors (Lipinski definition) is 3. The number of halogens is 3. The number of thiazole rings is 1. The Hall–Kier alpha value is -0.820. The van der Waals surface area contributed by atoms with E-state index in [9.17, 15) is 13.2 Å². The molecule has 0 aromatic carbocycles. The van der Waals surface area contributed by atoms with Crippen LogP contribution in [0.4, 0.5) is 13.2 Å². The summed E-state index contributed by atoms with van der Waals surface area (Å²) in [6, 6.07) is 0. The summed E-state index contributed by atoms with van der Waals surface area (Å²) in [5.41, 5.74) is -2.49. The lowest BCUT2D eigenvalue weighted by molar-refractivity contribution is -0.260. The molecule has 1 aromatic rings. The highest BCUT2D eigenvalue weighted by Crippen LogP contribution is 2.33. The van der Waals surface area contributed by atoms with Crippen molar-refractivity contribution in [3.05, 3.63) is 16.4 Å². The van der Waals surface area contributed by atoms with E-state index in [0.29, 0.717) is 0 Å². The van der Waals surface area contributed by atoms with Gasteiger partial charge in [-0.25, -0.2) is 4.99 Å². The lowest BCUT2D eigenvalue weighted by atomic mass is 10.3. The van der Waals surface area contributed by atoms with Crippen LogP contribution in [0.1, 0.15) is 6.92 Å². The van der Waals surface area contributed by atoms with Crippen molar-refractivity contribution in [2.45, 2.75) is 18.8 Å². The molecule has 0 radical (unpaired) electrons. The highest BCUT2D eigenvalue weighted by atomic mass is 32.1. The monoisotopic (exact) mass is 240 g/mol. The first-order valence-electron chi connectivity index (χ1n) is 4.08. The van der Waals surface area contributed by atoms with Crippen molar-refractivity contribution in [3.63, 3.8) is 0 Å². The van der Waals surface area contributed by atoms with Gasteiger partial charge in [0, 0.05) is 25.7 Å². The van der Waals surface area contributed by atoms with Crippen LogP contribution >= 0.6 is 11.3 Å². The number of ether oxygens (including phenoxy) is 1. The zero-order valence-corrected chi connectivity index (χ0v) is 9.32. The quantitative estimate of drug-likeness (QED) is 0.775. The molecule has 3 nitrogen and oxygen atoms in total. The van der Waals surface area contributed by atoms with Crippen LogP contribution in [-0.2, 0) is 11.8 Å². The first kappa shape index (κ1) is 12.3. The molecule has 0 saturated heterocycles. The molecule has 86 valence electrons. The van der Waals surface area contributed by atoms with Gasteiger partial charge < -0.3 is 9.30 Å². The summed E-state index contributed by atoms with van der Waals surface area (Å²) in [7, 11) is 2.62. The smallest absolute Gasteiger partial charge is 0.350 e. The Morgan fingerprint density at radius 3 is 2.40 bits per heavy atom. The van der Waals surface area contributed by atoms with Crippen LogP contribution in [0.3, 0.4) is 0 Å². The number of alkyl halides is 3. The second-order valence-electron chi connectivity index (χ2n) is 3.09. The summed E-state index contributed by atoms with van der Waals surface area (Å²) in [6.45, 7) is 0.896. The molecule has 0 aliphatic heterocycles. The van der Waals surface area contributed by atoms with E-state index in [4.69, 9.17) is 0 Å². The number of rotatable bonds is 2. The maximum atomic E-state index is 12.6. The average Bonchev–Trinajstić information content (AvgIpc) is 2.50. The second-order valence-corrected chi connectivity index (χ2v) is 3.97. The molecule has 1 unspecified atom stereocenters. The fraction of sp³-hybridized carbons (Fsp3) is 0.625. The van der Waals surface area contributed by atoms with Crippen LogP contribution in [0.15, 0.2) is 16.6 Å². The van der Waals surface area contributed by atoms with Gasteiger partial charge in [-0.05, 0) is 6.92 Å². The van der Waals surface area contributed by atoms with Gasteiger partial charge in [0.15, 0.2) is 4.80 Å². The van der Waals surface area contributed by atoms with Crippen molar-refractivity contribution in [3.8, 4) is 0 Å². The van der Waals surface area contributed by atoms with Crippen molar-refractivity contribution in [1.29, 1.82) is 0 Å². The minimum atomic E-state index is -4.53. The van der Waals surface area contributed by atoms with E-state index in [2.05, 4.69) is 9.73 Å². The van der Waals surface area contributed by atoms with Gasteiger partial charge in [0.2, 0.25) is 0 Å². The number of hydrogen-bond donors (Lipinski definition) is 0. The Morgan fingerprint density at radius 2 is 2.07 bits per heavy atom. The third-order valence-corrected chi connectivity index (χ3v) is 2.84. The molecule has 0 bridgehead atoms. The van der Waals surface area contributed by atoms with Crippen LogP contribution in [-0.4, -0.2) is 23.6 Å². The van der Waals surface area contributed by atoms with Gasteiger partial charge in [0.05, 0.1) is 0 Å². The fourth-order valence-electron chi connectivity index (χ4n) is 0.842. The summed E-state index contributed by atoms with van der Waals surface area (Å²) in [4.78, 5) is 3.83. The number of nitrogens with zero attached hydrogens (tertiary/aromatic N) is 2. The van der Waals surface area contributed by atoms with Crippen LogP contribution < -0.4 is 4.80 Å². The van der Waals surface area contributed by atoms with Gasteiger partial charge >= 0.3 is 6.18 Å². The lowest BCUT2D eigenvalue weighted by Crippen LogP contribution is -2.44. The van der Waals surface area contributed by atoms with Gasteiger partial charge in [-0.1, -0.05) is 0 Å². The summed E-state index contributed by atoms with van der Waals surface area (Å²) in [5, 5.41) is 1.66. The van der Waals surface area contributed by atoms with E-state index in [1.165, 1.54) is 4.57 Å². The second kappa shape index (κ2) is 3.97. The maximum absolute atomic E-state index is 12.6. The molecule has 0 aliphatic carbocycles. The van der Waals surface area contributed by atoms with Crippen molar-refractivity contribution in [1.82, 2.24) is 4.57 Å². The van der Waals surface area contributed by atoms with Gasteiger partial charge in [-0.2, -0.15) is 13.2 Å². The molecule has 1 atom stereocenters. The predicted octanol–water partition coefficient (Wildman–Crippen LogP) is 1.91. The normalized spacial score (nSPS) is 17.9. The molecule has 0 N–H and O–H groups in total. The van der Waals surface area contributed by atoms with Gasteiger partial charge in [0.25, 0.3) is 5.72 Å². The van der Waals surface area contributed by atoms with Crippen molar-refractivity contribution >= 4 is 11.3 Å². The van der Waals surface area contributed by atoms with Crippen LogP contribution in [0.2, 0.25) is 0 Å². The highest BCUT2D eigenvalue weighted by molar-refractivity contribution is 7.07. The van der Waals surface area contributed by atoms with Crippen LogP contribution in [0, 0.1) is 0 Å². The Labute approximate surface area is 88.8 Å². The molecule has 0 amide bonds. The first-order valence-corrected chi connectivity index (χ1v) is 4.96. The molecule has 1 heterocycles. The third-order valence-electron chi connectivity index (χ3n) is 1.99. The summed E-state index contributed by atoms with van der Waals surface area (Å²) < 4.78 is 43.8. The first-order chi connectivity index (χ1) is 6.80. The zero-order valence-electron chi connectivity index (χ0n) is 8.50. The van der Waals surface area contributed by atoms with Crippen molar-refractivity contribution in [2.24, 2.45) is 12.0 Å². The minimum Gasteiger partial charge on any atom is -0.350 e. The maximum Gasteiger partial charge on any atom is 0.438 e. The van der Waals surface area contributed by atoms with Crippen LogP contribution in [0.5, 0.6) is 0 Å². The molecule has 15 heavy (non-hydrogen) atoms. The van der Waals surface area contributed by atoms with Gasteiger partial charge in [-0.15, -0.1) is 11.3 Å². The predicted molar refractivity (Wildman–Crippen MR) is 50.3 cm³/mol. The molecule has 7 heteroatoms. The van der Waals surface area contributed by atoms with Crippen LogP contribution in [0.25, 0.3) is 0 Å². The molecule has 0 fully saturated rings. The van der Waals surface area contributed by atoms with E-state index >= 15 is 0 Å². The summed E-state index contributed by atoms with van der Waals surface area (Å²) >= 11 is 1.12. The van der Waals surface area contributed by atoms with E-state index in [0.717, 1.165) is 25.4 Å². The molecular weight excluding hydrogens is 229 g/mol. The molecule has 1 rings (SSSR count). The summed E-state index contributed by atoms with van der Waals surface area (Å²) in [5.74, 6) is 0. The Bertz CT molecular complexity index is 395. The highest BCUT2D eigenvalue weighted by Gasteiger charge is 2.52. The number of methoxy groups -OCH3 is 1. The standard InChI is InChI=1S/C8H11F3N2OS/c1-7(14-3,8(9,10)11)12-6-13(2)4-5-15-6/h4-5H,1-3H3. The van der Waals surface area contributed by atoms with E-state index in [-0.39, 0.29) is 4.80 Å². The molecule has 0 spiro atoms. The van der Waals surface area contributed by atoms with Gasteiger partial charge in [-0.3, -0.25) is 0 Å². The Balaban J connectivity index is 3.22. The largest absolute Gasteiger partial charge is 0.438 e. The molecule has 0 aliphatic rings. The van der Waals surface area contributed by atoms with E-state index in [1.54, 1.807) is 18.6 Å². The molecule has 0 saturated carbocycles. The minimum absolute atomic E-state index is 0.261. The van der Waals surface area contributed by atoms with Gasteiger partial charge in [0.1, 0.15) is 0 Å². The topological polar surface area (TPSA) is 26.5 Å². The summed E-state index contributed by atoms with van der Waals surface area (Å²) in [6.07, 6.45) is -2.89. The van der Waals surface area contributed by atoms with E-state index < -0.39 is 11.9 Å². The fourth-order valence-corrected chi connectivity index (χ4v) is 1.66. The Morgan fingerprint density at radius 1 is 1.47 bits per heavy atom. The molecule has 1 aromatic heterocycles. The number of aryl methyl sites for hydroxylation is 1. The van der Waals surface area contributed by atoms with Crippen molar-refractivity contribution in [2.75, 3.05) is 7.11 Å². The average molecular weight is 240 g/mol. The zero-order chi connectivity index (χ0) is 11.7. The van der Waals surface area contributed by atoms with Crippen molar-refractivity contribution < 1.29 is 17.9 Å². The number of aromatic nitrogens is 1. The van der Waals surface area contributed by atoms with E-state index in [1.807, 2.05) is 0 Å². The SMILES string of the molecule is COC(C)(N=c1sccn1C)C(F)(F)F. The third kappa shape index (κ3) is 2.40. The lowest BCUT2D eigenvalue weighted by Gasteiger charge is -2.25.